The maximum Gasteiger partial charge on any atom is 0.187 e. The number of allylic oxidation sites excluding steroid dienone is 1. The van der Waals surface area contributed by atoms with Crippen LogP contribution in [0.25, 0.3) is 11.3 Å². The number of nitrogens with one attached hydrogen (secondary N) is 1. The minimum atomic E-state index is -0.306. The highest BCUT2D eigenvalue weighted by molar-refractivity contribution is 7.99. The van der Waals surface area contributed by atoms with Crippen LogP contribution >= 0.6 is 11.8 Å². The second-order valence-electron chi connectivity index (χ2n) is 6.74. The average molecular weight is 419 g/mol. The molecular formula is C22H18FN5OS. The molecular weight excluding hydrogens is 401 g/mol. The van der Waals surface area contributed by atoms with Gasteiger partial charge in [0, 0.05) is 14.1 Å². The fraction of sp³-hybridized carbons (Fsp3) is 0.136. The molecule has 0 saturated heterocycles. The van der Waals surface area contributed by atoms with Crippen molar-refractivity contribution in [2.24, 2.45) is 0 Å². The first kappa shape index (κ1) is 19.7. The van der Waals surface area contributed by atoms with Gasteiger partial charge in [0.1, 0.15) is 23.3 Å². The van der Waals surface area contributed by atoms with Crippen molar-refractivity contribution in [2.45, 2.75) is 5.16 Å². The summed E-state index contributed by atoms with van der Waals surface area (Å²) in [4.78, 5) is 24.0. The smallest absolute Gasteiger partial charge is 0.187 e. The number of anilines is 2. The van der Waals surface area contributed by atoms with Crippen molar-refractivity contribution >= 4 is 28.9 Å². The van der Waals surface area contributed by atoms with Crippen LogP contribution in [0.15, 0.2) is 71.3 Å². The molecule has 1 aliphatic rings. The molecule has 0 bridgehead atoms. The highest BCUT2D eigenvalue weighted by Gasteiger charge is 2.31. The molecule has 30 heavy (non-hydrogen) atoms. The number of para-hydroxylation sites is 2. The number of nitrogens with zero attached hydrogens (tertiary/aromatic N) is 4. The lowest BCUT2D eigenvalue weighted by Crippen LogP contribution is -2.26. The van der Waals surface area contributed by atoms with Gasteiger partial charge >= 0.3 is 0 Å². The molecule has 0 saturated carbocycles. The predicted octanol–water partition coefficient (Wildman–Crippen LogP) is 4.20. The summed E-state index contributed by atoms with van der Waals surface area (Å²) in [7, 11) is 3.69. The van der Waals surface area contributed by atoms with Crippen molar-refractivity contribution in [3.63, 3.8) is 0 Å². The first-order valence-electron chi connectivity index (χ1n) is 9.17. The Kier molecular flexibility index (Phi) is 5.29. The monoisotopic (exact) mass is 419 g/mol. The summed E-state index contributed by atoms with van der Waals surface area (Å²) >= 11 is 1.22. The van der Waals surface area contributed by atoms with Gasteiger partial charge in [-0.25, -0.2) is 9.37 Å². The zero-order chi connectivity index (χ0) is 21.3. The van der Waals surface area contributed by atoms with Crippen molar-refractivity contribution in [3.8, 4) is 17.3 Å². The molecule has 0 fully saturated rings. The van der Waals surface area contributed by atoms with E-state index in [-0.39, 0.29) is 22.9 Å². The van der Waals surface area contributed by atoms with Gasteiger partial charge in [0.15, 0.2) is 10.9 Å². The fourth-order valence-electron chi connectivity index (χ4n) is 3.42. The van der Waals surface area contributed by atoms with Crippen LogP contribution in [-0.2, 0) is 4.79 Å². The van der Waals surface area contributed by atoms with Crippen molar-refractivity contribution < 1.29 is 9.18 Å². The zero-order valence-electron chi connectivity index (χ0n) is 16.4. The third-order valence-electron chi connectivity index (χ3n) is 4.90. The molecule has 1 N–H and O–H groups in total. The second-order valence-corrected chi connectivity index (χ2v) is 7.70. The van der Waals surface area contributed by atoms with Crippen molar-refractivity contribution in [1.82, 2.24) is 9.97 Å². The Bertz CT molecular complexity index is 1150. The van der Waals surface area contributed by atoms with Gasteiger partial charge in [-0.1, -0.05) is 23.9 Å². The minimum Gasteiger partial charge on any atom is -0.333 e. The van der Waals surface area contributed by atoms with Gasteiger partial charge in [0.05, 0.1) is 29.0 Å². The molecule has 2 heterocycles. The number of imidazole rings is 1. The molecule has 8 heteroatoms. The van der Waals surface area contributed by atoms with E-state index in [1.165, 1.54) is 23.9 Å². The first-order valence-corrected chi connectivity index (χ1v) is 10.2. The molecule has 0 atom stereocenters. The maximum atomic E-state index is 13.1. The number of halogens is 1. The molecule has 0 amide bonds. The van der Waals surface area contributed by atoms with E-state index in [2.05, 4.69) is 16.0 Å². The number of Topliss-reactive ketones (excluding diaryl/α,β-unsaturated/α-hetero) is 1. The largest absolute Gasteiger partial charge is 0.333 e. The number of thioether (sulfide) groups is 1. The number of carbonyl (C=O) groups excluding carboxylic acids is 1. The van der Waals surface area contributed by atoms with E-state index in [9.17, 15) is 14.4 Å². The van der Waals surface area contributed by atoms with Crippen LogP contribution in [0.3, 0.4) is 0 Å². The number of hydrogen-bond acceptors (Lipinski definition) is 6. The number of rotatable bonds is 5. The van der Waals surface area contributed by atoms with Crippen LogP contribution in [0.2, 0.25) is 0 Å². The van der Waals surface area contributed by atoms with E-state index in [0.717, 1.165) is 22.6 Å². The Balaban J connectivity index is 1.51. The van der Waals surface area contributed by atoms with Crippen molar-refractivity contribution in [2.75, 3.05) is 29.6 Å². The molecule has 4 rings (SSSR count). The molecule has 0 unspecified atom stereocenters. The number of hydrogen-bond donors (Lipinski definition) is 1. The topological polar surface area (TPSA) is 76.0 Å². The van der Waals surface area contributed by atoms with E-state index >= 15 is 0 Å². The molecule has 1 aliphatic heterocycles. The number of carbonyl (C=O) groups is 1. The molecule has 0 aliphatic carbocycles. The molecule has 150 valence electrons. The quantitative estimate of drug-likeness (QED) is 0.380. The molecule has 6 nitrogen and oxygen atoms in total. The zero-order valence-corrected chi connectivity index (χ0v) is 17.2. The molecule has 2 aromatic carbocycles. The van der Waals surface area contributed by atoms with Crippen LogP contribution in [0.5, 0.6) is 0 Å². The Morgan fingerprint density at radius 1 is 1.13 bits per heavy atom. The lowest BCUT2D eigenvalue weighted by atomic mass is 10.2. The van der Waals surface area contributed by atoms with E-state index in [4.69, 9.17) is 0 Å². The lowest BCUT2D eigenvalue weighted by Gasteiger charge is -2.19. The normalized spacial score (nSPS) is 12.7. The second kappa shape index (κ2) is 8.05. The van der Waals surface area contributed by atoms with Crippen molar-refractivity contribution in [3.05, 3.63) is 71.9 Å². The standard InChI is InChI=1S/C22H18FN5OS/c1-27-18-5-3-4-6-19(18)28(2)21(27)16(11-24)20(29)13-30-22-25-12-17(26-22)14-7-9-15(23)10-8-14/h3-10,12H,13H2,1-2H3,(H,25,26). The average Bonchev–Trinajstić information content (AvgIpc) is 3.33. The Labute approximate surface area is 177 Å². The van der Waals surface area contributed by atoms with Crippen LogP contribution in [0.1, 0.15) is 0 Å². The lowest BCUT2D eigenvalue weighted by molar-refractivity contribution is -0.112. The van der Waals surface area contributed by atoms with Gasteiger partial charge in [-0.3, -0.25) is 4.79 Å². The van der Waals surface area contributed by atoms with Gasteiger partial charge in [-0.2, -0.15) is 5.26 Å². The van der Waals surface area contributed by atoms with E-state index in [1.54, 1.807) is 18.3 Å². The minimum absolute atomic E-state index is 0.0702. The highest BCUT2D eigenvalue weighted by atomic mass is 32.2. The van der Waals surface area contributed by atoms with Gasteiger partial charge < -0.3 is 14.8 Å². The third kappa shape index (κ3) is 3.55. The number of aromatic nitrogens is 2. The SMILES string of the molecule is CN1C(=C(C#N)C(=O)CSc2ncc(-c3ccc(F)cc3)[nH]2)N(C)c2ccccc21. The summed E-state index contributed by atoms with van der Waals surface area (Å²) in [5.41, 5.74) is 3.52. The summed E-state index contributed by atoms with van der Waals surface area (Å²) in [6.07, 6.45) is 1.64. The van der Waals surface area contributed by atoms with E-state index in [1.807, 2.05) is 48.2 Å². The molecule has 1 aromatic heterocycles. The summed E-state index contributed by atoms with van der Waals surface area (Å²) in [5, 5.41) is 10.3. The summed E-state index contributed by atoms with van der Waals surface area (Å²) in [5.74, 6) is 0.0554. The summed E-state index contributed by atoms with van der Waals surface area (Å²) < 4.78 is 13.1. The van der Waals surface area contributed by atoms with E-state index < -0.39 is 0 Å². The number of H-pyrrole nitrogens is 1. The predicted molar refractivity (Wildman–Crippen MR) is 116 cm³/mol. The molecule has 0 spiro atoms. The number of fused-ring (bicyclic) bond motifs is 1. The van der Waals surface area contributed by atoms with Gasteiger partial charge in [0.2, 0.25) is 0 Å². The number of aromatic amines is 1. The van der Waals surface area contributed by atoms with Gasteiger partial charge in [-0.05, 0) is 42.0 Å². The van der Waals surface area contributed by atoms with Gasteiger partial charge in [0.25, 0.3) is 0 Å². The first-order chi connectivity index (χ1) is 14.5. The summed E-state index contributed by atoms with van der Waals surface area (Å²) in [6.45, 7) is 0. The van der Waals surface area contributed by atoms with Crippen LogP contribution in [0, 0.1) is 17.1 Å². The molecule has 0 radical (unpaired) electrons. The van der Waals surface area contributed by atoms with Crippen LogP contribution in [0.4, 0.5) is 15.8 Å². The van der Waals surface area contributed by atoms with Crippen molar-refractivity contribution in [1.29, 1.82) is 5.26 Å². The highest BCUT2D eigenvalue weighted by Crippen LogP contribution is 2.40. The Morgan fingerprint density at radius 3 is 2.37 bits per heavy atom. The van der Waals surface area contributed by atoms with Gasteiger partial charge in [-0.15, -0.1) is 0 Å². The van der Waals surface area contributed by atoms with Crippen LogP contribution < -0.4 is 9.80 Å². The Hall–Kier alpha value is -3.57. The third-order valence-corrected chi connectivity index (χ3v) is 5.79. The fourth-order valence-corrected chi connectivity index (χ4v) is 4.14. The molecule has 3 aromatic rings. The number of nitriles is 1. The van der Waals surface area contributed by atoms with Crippen LogP contribution in [-0.4, -0.2) is 35.6 Å². The number of ketones is 1. The van der Waals surface area contributed by atoms with E-state index in [0.29, 0.717) is 11.0 Å². The summed E-state index contributed by atoms with van der Waals surface area (Å²) in [6, 6.07) is 15.9. The Morgan fingerprint density at radius 2 is 1.77 bits per heavy atom. The number of benzene rings is 2. The maximum absolute atomic E-state index is 13.1.